The number of hydrogen-bond donors (Lipinski definition) is 0. The molecule has 156 valence electrons. The van der Waals surface area contributed by atoms with E-state index in [0.29, 0.717) is 11.3 Å². The molecule has 2 heterocycles. The second-order valence-corrected chi connectivity index (χ2v) is 8.29. The summed E-state index contributed by atoms with van der Waals surface area (Å²) in [6.07, 6.45) is 3.25. The monoisotopic (exact) mass is 477 g/mol. The molecule has 1 saturated heterocycles. The van der Waals surface area contributed by atoms with Gasteiger partial charge in [-0.15, -0.1) is 0 Å². The van der Waals surface area contributed by atoms with E-state index in [1.54, 1.807) is 54.9 Å². The van der Waals surface area contributed by atoms with Crippen molar-refractivity contribution < 1.29 is 14.4 Å². The first kappa shape index (κ1) is 20.9. The van der Waals surface area contributed by atoms with Crippen LogP contribution in [0.2, 0.25) is 0 Å². The molecule has 3 amide bonds. The lowest BCUT2D eigenvalue weighted by molar-refractivity contribution is -0.122. The lowest BCUT2D eigenvalue weighted by Gasteiger charge is -2.28. The van der Waals surface area contributed by atoms with Crippen LogP contribution in [0, 0.1) is 6.92 Å². The average Bonchev–Trinajstić information content (AvgIpc) is 3.07. The number of carbonyl (C=O) groups excluding carboxylic acids is 3. The molecule has 2 aromatic carbocycles. The van der Waals surface area contributed by atoms with Crippen LogP contribution in [0.1, 0.15) is 27.9 Å². The first-order valence-electron chi connectivity index (χ1n) is 9.83. The Hall–Kier alpha value is -3.32. The largest absolute Gasteiger partial charge is 0.322 e. The molecule has 31 heavy (non-hydrogen) atoms. The molecule has 1 fully saturated rings. The molecule has 6 nitrogen and oxygen atoms in total. The van der Waals surface area contributed by atoms with Gasteiger partial charge in [-0.25, -0.2) is 4.90 Å². The summed E-state index contributed by atoms with van der Waals surface area (Å²) in [5, 5.41) is 0. The predicted octanol–water partition coefficient (Wildman–Crippen LogP) is 4.13. The smallest absolute Gasteiger partial charge is 0.257 e. The van der Waals surface area contributed by atoms with E-state index < -0.39 is 11.9 Å². The van der Waals surface area contributed by atoms with Gasteiger partial charge in [-0.05, 0) is 54.4 Å². The average molecular weight is 478 g/mol. The van der Waals surface area contributed by atoms with Gasteiger partial charge in [-0.3, -0.25) is 19.4 Å². The van der Waals surface area contributed by atoms with Crippen LogP contribution in [-0.2, 0) is 16.1 Å². The highest BCUT2D eigenvalue weighted by molar-refractivity contribution is 9.10. The number of carbonyl (C=O) groups is 3. The van der Waals surface area contributed by atoms with Crippen LogP contribution >= 0.6 is 15.9 Å². The Balaban J connectivity index is 1.70. The van der Waals surface area contributed by atoms with Crippen LogP contribution < -0.4 is 4.90 Å². The lowest BCUT2D eigenvalue weighted by Crippen LogP contribution is -2.45. The van der Waals surface area contributed by atoms with Crippen molar-refractivity contribution in [1.82, 2.24) is 9.88 Å². The maximum atomic E-state index is 13.5. The number of aromatic nitrogens is 1. The Morgan fingerprint density at radius 2 is 1.84 bits per heavy atom. The molecule has 1 aliphatic rings. The van der Waals surface area contributed by atoms with Gasteiger partial charge in [0.2, 0.25) is 5.91 Å². The van der Waals surface area contributed by atoms with Gasteiger partial charge in [-0.1, -0.05) is 40.2 Å². The Bertz CT molecular complexity index is 1130. The van der Waals surface area contributed by atoms with Crippen molar-refractivity contribution in [2.75, 3.05) is 4.90 Å². The summed E-state index contributed by atoms with van der Waals surface area (Å²) >= 11 is 3.36. The Morgan fingerprint density at radius 1 is 1.10 bits per heavy atom. The van der Waals surface area contributed by atoms with E-state index in [2.05, 4.69) is 20.9 Å². The van der Waals surface area contributed by atoms with Gasteiger partial charge in [0.15, 0.2) is 0 Å². The molecular weight excluding hydrogens is 458 g/mol. The van der Waals surface area contributed by atoms with E-state index in [4.69, 9.17) is 0 Å². The highest BCUT2D eigenvalue weighted by atomic mass is 79.9. The topological polar surface area (TPSA) is 70.6 Å². The number of amides is 3. The molecule has 1 unspecified atom stereocenters. The Morgan fingerprint density at radius 3 is 2.52 bits per heavy atom. The van der Waals surface area contributed by atoms with Crippen LogP contribution in [-0.4, -0.2) is 33.6 Å². The summed E-state index contributed by atoms with van der Waals surface area (Å²) in [5.41, 5.74) is 2.59. The molecule has 0 saturated carbocycles. The van der Waals surface area contributed by atoms with Gasteiger partial charge in [0.1, 0.15) is 6.04 Å². The van der Waals surface area contributed by atoms with E-state index in [0.717, 1.165) is 15.6 Å². The third kappa shape index (κ3) is 4.27. The molecule has 7 heteroatoms. The number of rotatable bonds is 5. The zero-order valence-electron chi connectivity index (χ0n) is 16.9. The number of hydrogen-bond acceptors (Lipinski definition) is 4. The fourth-order valence-electron chi connectivity index (χ4n) is 3.70. The van der Waals surface area contributed by atoms with Crippen LogP contribution in [0.3, 0.4) is 0 Å². The van der Waals surface area contributed by atoms with Gasteiger partial charge in [0.25, 0.3) is 11.8 Å². The minimum Gasteiger partial charge on any atom is -0.322 e. The number of pyridine rings is 1. The zero-order valence-corrected chi connectivity index (χ0v) is 18.5. The molecule has 0 N–H and O–H groups in total. The molecule has 1 atom stereocenters. The Labute approximate surface area is 188 Å². The highest BCUT2D eigenvalue weighted by Gasteiger charge is 2.44. The molecule has 1 aliphatic heterocycles. The molecule has 1 aromatic heterocycles. The quantitative estimate of drug-likeness (QED) is 0.518. The van der Waals surface area contributed by atoms with Crippen molar-refractivity contribution >= 4 is 39.3 Å². The first-order valence-corrected chi connectivity index (χ1v) is 10.6. The minimum absolute atomic E-state index is 0.0627. The Kier molecular flexibility index (Phi) is 5.95. The summed E-state index contributed by atoms with van der Waals surface area (Å²) in [7, 11) is 0. The number of halogens is 1. The summed E-state index contributed by atoms with van der Waals surface area (Å²) in [5.74, 6) is -1.02. The number of nitrogens with zero attached hydrogens (tertiary/aromatic N) is 3. The van der Waals surface area contributed by atoms with Crippen LogP contribution in [0.4, 0.5) is 5.69 Å². The van der Waals surface area contributed by atoms with Gasteiger partial charge >= 0.3 is 0 Å². The summed E-state index contributed by atoms with van der Waals surface area (Å²) < 4.78 is 0.847. The van der Waals surface area contributed by atoms with Crippen molar-refractivity contribution in [2.24, 2.45) is 0 Å². The van der Waals surface area contributed by atoms with Crippen molar-refractivity contribution in [1.29, 1.82) is 0 Å². The van der Waals surface area contributed by atoms with E-state index in [1.165, 1.54) is 9.80 Å². The molecule has 0 bridgehead atoms. The SMILES string of the molecule is Cc1ccccc1C(=O)N(Cc1cccnc1)C1CC(=O)N(c2ccc(Br)cc2)C1=O. The molecule has 4 rings (SSSR count). The molecule has 0 radical (unpaired) electrons. The molecule has 3 aromatic rings. The number of anilines is 1. The van der Waals surface area contributed by atoms with Gasteiger partial charge in [0, 0.05) is 29.0 Å². The summed E-state index contributed by atoms with van der Waals surface area (Å²) in [6, 6.07) is 16.9. The first-order chi connectivity index (χ1) is 15.0. The number of aryl methyl sites for hydroxylation is 1. The van der Waals surface area contributed by atoms with Gasteiger partial charge < -0.3 is 4.90 Å². The standard InChI is InChI=1S/C24H20BrN3O3/c1-16-5-2-3-7-20(16)23(30)27(15-17-6-4-12-26-14-17)21-13-22(29)28(24(21)31)19-10-8-18(25)9-11-19/h2-12,14,21H,13,15H2,1H3. The van der Waals surface area contributed by atoms with Crippen LogP contribution in [0.15, 0.2) is 77.5 Å². The molecule has 0 aliphatic carbocycles. The second-order valence-electron chi connectivity index (χ2n) is 7.37. The maximum absolute atomic E-state index is 13.5. The fraction of sp³-hybridized carbons (Fsp3) is 0.167. The predicted molar refractivity (Wildman–Crippen MR) is 120 cm³/mol. The van der Waals surface area contributed by atoms with E-state index in [-0.39, 0.29) is 24.8 Å². The van der Waals surface area contributed by atoms with E-state index >= 15 is 0 Å². The normalized spacial score (nSPS) is 15.9. The fourth-order valence-corrected chi connectivity index (χ4v) is 3.96. The summed E-state index contributed by atoms with van der Waals surface area (Å²) in [4.78, 5) is 46.4. The van der Waals surface area contributed by atoms with E-state index in [1.807, 2.05) is 25.1 Å². The zero-order chi connectivity index (χ0) is 22.0. The van der Waals surface area contributed by atoms with Crippen molar-refractivity contribution in [2.45, 2.75) is 25.9 Å². The molecular formula is C24H20BrN3O3. The maximum Gasteiger partial charge on any atom is 0.257 e. The third-order valence-electron chi connectivity index (χ3n) is 5.30. The lowest BCUT2D eigenvalue weighted by atomic mass is 10.1. The second kappa shape index (κ2) is 8.81. The van der Waals surface area contributed by atoms with Crippen LogP contribution in [0.25, 0.3) is 0 Å². The summed E-state index contributed by atoms with van der Waals surface area (Å²) in [6.45, 7) is 2.03. The van der Waals surface area contributed by atoms with Crippen molar-refractivity contribution in [3.8, 4) is 0 Å². The van der Waals surface area contributed by atoms with Crippen molar-refractivity contribution in [3.05, 3.63) is 94.2 Å². The van der Waals surface area contributed by atoms with Crippen molar-refractivity contribution in [3.63, 3.8) is 0 Å². The van der Waals surface area contributed by atoms with Gasteiger partial charge in [-0.2, -0.15) is 0 Å². The highest BCUT2D eigenvalue weighted by Crippen LogP contribution is 2.29. The van der Waals surface area contributed by atoms with E-state index in [9.17, 15) is 14.4 Å². The number of imide groups is 1. The van der Waals surface area contributed by atoms with Gasteiger partial charge in [0.05, 0.1) is 12.1 Å². The third-order valence-corrected chi connectivity index (χ3v) is 5.82. The minimum atomic E-state index is -0.886. The molecule has 0 spiro atoms. The van der Waals surface area contributed by atoms with Crippen LogP contribution in [0.5, 0.6) is 0 Å². The number of benzene rings is 2.